The molecule has 0 unspecified atom stereocenters. The van der Waals surface area contributed by atoms with E-state index in [9.17, 15) is 4.79 Å². The highest BCUT2D eigenvalue weighted by atomic mass is 127. The van der Waals surface area contributed by atoms with Crippen molar-refractivity contribution in [1.82, 2.24) is 0 Å². The zero-order valence-electron chi connectivity index (χ0n) is 11.1. The molecule has 2 aromatic rings. The van der Waals surface area contributed by atoms with Gasteiger partial charge in [-0.25, -0.2) is 0 Å². The summed E-state index contributed by atoms with van der Waals surface area (Å²) in [4.78, 5) is 12.0. The minimum Gasteiger partial charge on any atom is -0.324 e. The predicted octanol–water partition coefficient (Wildman–Crippen LogP) is 3.19. The van der Waals surface area contributed by atoms with Crippen molar-refractivity contribution >= 4 is 34.2 Å². The van der Waals surface area contributed by atoms with Crippen LogP contribution < -0.4 is 11.1 Å². The first-order chi connectivity index (χ1) is 9.66. The van der Waals surface area contributed by atoms with Crippen LogP contribution in [0.1, 0.15) is 12.0 Å². The van der Waals surface area contributed by atoms with E-state index >= 15 is 0 Å². The second-order valence-corrected chi connectivity index (χ2v) is 5.76. The van der Waals surface area contributed by atoms with Crippen LogP contribution in [-0.4, -0.2) is 11.9 Å². The summed E-state index contributed by atoms with van der Waals surface area (Å²) in [5, 5.41) is 2.87. The average molecular weight is 380 g/mol. The summed E-state index contributed by atoms with van der Waals surface area (Å²) in [6.07, 6.45) is 1.45. The van der Waals surface area contributed by atoms with Crippen molar-refractivity contribution in [2.75, 3.05) is 5.32 Å². The van der Waals surface area contributed by atoms with Gasteiger partial charge in [0.1, 0.15) is 0 Å². The van der Waals surface area contributed by atoms with Gasteiger partial charge in [0.2, 0.25) is 5.91 Å². The van der Waals surface area contributed by atoms with Crippen molar-refractivity contribution < 1.29 is 4.79 Å². The lowest BCUT2D eigenvalue weighted by molar-refractivity contribution is -0.117. The quantitative estimate of drug-likeness (QED) is 0.783. The minimum atomic E-state index is -0.494. The Labute approximate surface area is 132 Å². The molecule has 20 heavy (non-hydrogen) atoms. The van der Waals surface area contributed by atoms with Gasteiger partial charge in [-0.2, -0.15) is 0 Å². The largest absolute Gasteiger partial charge is 0.324 e. The van der Waals surface area contributed by atoms with Crippen LogP contribution in [0.2, 0.25) is 0 Å². The molecule has 1 atom stereocenters. The van der Waals surface area contributed by atoms with Crippen LogP contribution in [-0.2, 0) is 11.2 Å². The number of carbonyl (C=O) groups is 1. The van der Waals surface area contributed by atoms with Crippen molar-refractivity contribution in [2.45, 2.75) is 18.9 Å². The number of nitrogens with one attached hydrogen (secondary N) is 1. The summed E-state index contributed by atoms with van der Waals surface area (Å²) in [7, 11) is 0. The van der Waals surface area contributed by atoms with Gasteiger partial charge in [0.25, 0.3) is 0 Å². The normalized spacial score (nSPS) is 11.9. The first-order valence-electron chi connectivity index (χ1n) is 6.51. The van der Waals surface area contributed by atoms with E-state index in [1.165, 1.54) is 5.56 Å². The monoisotopic (exact) mass is 380 g/mol. The second kappa shape index (κ2) is 7.40. The molecular formula is C16H17IN2O. The number of rotatable bonds is 5. The fourth-order valence-electron chi connectivity index (χ4n) is 1.89. The molecule has 0 saturated carbocycles. The van der Waals surface area contributed by atoms with Crippen LogP contribution in [0.4, 0.5) is 5.69 Å². The fraction of sp³-hybridized carbons (Fsp3) is 0.188. The Morgan fingerprint density at radius 1 is 1.10 bits per heavy atom. The van der Waals surface area contributed by atoms with Gasteiger partial charge in [0.15, 0.2) is 0 Å². The lowest BCUT2D eigenvalue weighted by atomic mass is 10.1. The van der Waals surface area contributed by atoms with Crippen molar-refractivity contribution in [3.63, 3.8) is 0 Å². The van der Waals surface area contributed by atoms with Crippen LogP contribution >= 0.6 is 22.6 Å². The lowest BCUT2D eigenvalue weighted by Crippen LogP contribution is -2.36. The number of benzene rings is 2. The molecule has 0 aliphatic carbocycles. The highest BCUT2D eigenvalue weighted by Crippen LogP contribution is 2.17. The molecule has 0 spiro atoms. The van der Waals surface area contributed by atoms with E-state index in [1.807, 2.05) is 54.6 Å². The Morgan fingerprint density at radius 3 is 2.45 bits per heavy atom. The van der Waals surface area contributed by atoms with Gasteiger partial charge in [0, 0.05) is 3.57 Å². The Kier molecular flexibility index (Phi) is 5.55. The molecule has 2 aromatic carbocycles. The fourth-order valence-corrected chi connectivity index (χ4v) is 2.41. The van der Waals surface area contributed by atoms with Gasteiger partial charge in [0.05, 0.1) is 11.7 Å². The molecule has 1 amide bonds. The highest BCUT2D eigenvalue weighted by Gasteiger charge is 2.14. The molecule has 0 saturated heterocycles. The second-order valence-electron chi connectivity index (χ2n) is 4.60. The predicted molar refractivity (Wildman–Crippen MR) is 90.5 cm³/mol. The van der Waals surface area contributed by atoms with E-state index in [4.69, 9.17) is 5.73 Å². The Bertz CT molecular complexity index is 572. The van der Waals surface area contributed by atoms with E-state index in [0.29, 0.717) is 6.42 Å². The first kappa shape index (κ1) is 15.0. The Hall–Kier alpha value is -1.40. The van der Waals surface area contributed by atoms with Crippen LogP contribution in [0.25, 0.3) is 0 Å². The van der Waals surface area contributed by atoms with Gasteiger partial charge in [-0.1, -0.05) is 42.5 Å². The number of nitrogens with two attached hydrogens (primary N) is 1. The third kappa shape index (κ3) is 4.31. The van der Waals surface area contributed by atoms with Gasteiger partial charge >= 0.3 is 0 Å². The Morgan fingerprint density at radius 2 is 1.75 bits per heavy atom. The van der Waals surface area contributed by atoms with Gasteiger partial charge in [-0.05, 0) is 53.1 Å². The molecule has 0 heterocycles. The van der Waals surface area contributed by atoms with Crippen molar-refractivity contribution in [3.8, 4) is 0 Å². The van der Waals surface area contributed by atoms with Crippen LogP contribution in [0.15, 0.2) is 54.6 Å². The molecule has 3 N–H and O–H groups in total. The molecule has 0 aromatic heterocycles. The molecule has 0 fully saturated rings. The molecule has 0 radical (unpaired) electrons. The molecule has 4 heteroatoms. The number of carbonyl (C=O) groups excluding carboxylic acids is 1. The summed E-state index contributed by atoms with van der Waals surface area (Å²) < 4.78 is 1.01. The number of hydrogen-bond acceptors (Lipinski definition) is 2. The molecule has 2 rings (SSSR count). The third-order valence-electron chi connectivity index (χ3n) is 3.06. The number of anilines is 1. The van der Waals surface area contributed by atoms with Crippen LogP contribution in [0, 0.1) is 3.57 Å². The number of halogens is 1. The molecule has 104 valence electrons. The SMILES string of the molecule is N[C@@H](CCc1ccccc1)C(=O)Nc1ccccc1I. The van der Waals surface area contributed by atoms with Crippen molar-refractivity contribution in [1.29, 1.82) is 0 Å². The maximum absolute atomic E-state index is 12.0. The Balaban J connectivity index is 1.88. The molecule has 0 bridgehead atoms. The van der Waals surface area contributed by atoms with E-state index < -0.39 is 6.04 Å². The highest BCUT2D eigenvalue weighted by molar-refractivity contribution is 14.1. The first-order valence-corrected chi connectivity index (χ1v) is 7.59. The lowest BCUT2D eigenvalue weighted by Gasteiger charge is -2.13. The molecular weight excluding hydrogens is 363 g/mol. The maximum Gasteiger partial charge on any atom is 0.241 e. The van der Waals surface area contributed by atoms with Crippen LogP contribution in [0.5, 0.6) is 0 Å². The maximum atomic E-state index is 12.0. The van der Waals surface area contributed by atoms with E-state index in [2.05, 4.69) is 27.9 Å². The number of amides is 1. The van der Waals surface area contributed by atoms with E-state index in [1.54, 1.807) is 0 Å². The van der Waals surface area contributed by atoms with Crippen molar-refractivity contribution in [3.05, 3.63) is 63.7 Å². The smallest absolute Gasteiger partial charge is 0.241 e. The third-order valence-corrected chi connectivity index (χ3v) is 4.00. The van der Waals surface area contributed by atoms with Gasteiger partial charge < -0.3 is 11.1 Å². The zero-order chi connectivity index (χ0) is 14.4. The number of aryl methyl sites for hydroxylation is 1. The number of hydrogen-bond donors (Lipinski definition) is 2. The van der Waals surface area contributed by atoms with Gasteiger partial charge in [-0.3, -0.25) is 4.79 Å². The molecule has 0 aliphatic rings. The topological polar surface area (TPSA) is 55.1 Å². The molecule has 3 nitrogen and oxygen atoms in total. The standard InChI is InChI=1S/C16H17IN2O/c17-13-8-4-5-9-15(13)19-16(20)14(18)11-10-12-6-2-1-3-7-12/h1-9,14H,10-11,18H2,(H,19,20)/t14-/m0/s1. The zero-order valence-corrected chi connectivity index (χ0v) is 13.2. The minimum absolute atomic E-state index is 0.134. The summed E-state index contributed by atoms with van der Waals surface area (Å²) in [6, 6.07) is 17.2. The summed E-state index contributed by atoms with van der Waals surface area (Å²) in [5.41, 5.74) is 7.96. The van der Waals surface area contributed by atoms with E-state index in [0.717, 1.165) is 15.7 Å². The van der Waals surface area contributed by atoms with Gasteiger partial charge in [-0.15, -0.1) is 0 Å². The van der Waals surface area contributed by atoms with E-state index in [-0.39, 0.29) is 5.91 Å². The van der Waals surface area contributed by atoms with Crippen molar-refractivity contribution in [2.24, 2.45) is 5.73 Å². The van der Waals surface area contributed by atoms with Crippen LogP contribution in [0.3, 0.4) is 0 Å². The number of para-hydroxylation sites is 1. The average Bonchev–Trinajstić information content (AvgIpc) is 2.48. The molecule has 0 aliphatic heterocycles. The summed E-state index contributed by atoms with van der Waals surface area (Å²) in [6.45, 7) is 0. The summed E-state index contributed by atoms with van der Waals surface area (Å²) in [5.74, 6) is -0.134. The summed E-state index contributed by atoms with van der Waals surface area (Å²) >= 11 is 2.19.